The van der Waals surface area contributed by atoms with Crippen LogP contribution in [0.5, 0.6) is 5.88 Å². The lowest BCUT2D eigenvalue weighted by Crippen LogP contribution is -2.45. The molecule has 1 aromatic rings. The van der Waals surface area contributed by atoms with Crippen molar-refractivity contribution in [1.29, 1.82) is 0 Å². The Kier molecular flexibility index (Phi) is 4.47. The third-order valence-corrected chi connectivity index (χ3v) is 3.06. The number of aromatic nitrogens is 1. The van der Waals surface area contributed by atoms with E-state index in [9.17, 15) is 0 Å². The Labute approximate surface area is 114 Å². The second kappa shape index (κ2) is 6.10. The van der Waals surface area contributed by atoms with Crippen molar-refractivity contribution in [3.63, 3.8) is 0 Å². The molecule has 5 heteroatoms. The van der Waals surface area contributed by atoms with Crippen molar-refractivity contribution in [3.8, 4) is 5.88 Å². The number of ether oxygens (including phenoxy) is 2. The predicted octanol–water partition coefficient (Wildman–Crippen LogP) is 2.07. The maximum atomic E-state index is 5.88. The molecule has 1 aromatic heterocycles. The van der Waals surface area contributed by atoms with E-state index in [1.807, 2.05) is 12.1 Å². The van der Waals surface area contributed by atoms with Gasteiger partial charge in [-0.15, -0.1) is 0 Å². The van der Waals surface area contributed by atoms with Crippen molar-refractivity contribution in [2.75, 3.05) is 30.3 Å². The van der Waals surface area contributed by atoms with Crippen molar-refractivity contribution < 1.29 is 9.47 Å². The molecule has 5 nitrogen and oxygen atoms in total. The summed E-state index contributed by atoms with van der Waals surface area (Å²) in [7, 11) is 0. The molecule has 1 fully saturated rings. The second-order valence-electron chi connectivity index (χ2n) is 5.07. The highest BCUT2D eigenvalue weighted by atomic mass is 16.5. The van der Waals surface area contributed by atoms with Crippen LogP contribution in [0.3, 0.4) is 0 Å². The maximum absolute atomic E-state index is 5.88. The number of nitrogen functional groups attached to an aromatic ring is 1. The second-order valence-corrected chi connectivity index (χ2v) is 5.07. The van der Waals surface area contributed by atoms with Crippen LogP contribution >= 0.6 is 0 Å². The highest BCUT2D eigenvalue weighted by Gasteiger charge is 2.23. The average Bonchev–Trinajstić information content (AvgIpc) is 2.36. The van der Waals surface area contributed by atoms with E-state index in [0.717, 1.165) is 25.3 Å². The van der Waals surface area contributed by atoms with E-state index in [0.29, 0.717) is 18.2 Å². The largest absolute Gasteiger partial charge is 0.476 e. The molecule has 2 heterocycles. The zero-order valence-electron chi connectivity index (χ0n) is 11.9. The zero-order valence-corrected chi connectivity index (χ0v) is 11.9. The van der Waals surface area contributed by atoms with Crippen molar-refractivity contribution in [1.82, 2.24) is 4.98 Å². The molecule has 0 saturated carbocycles. The molecule has 19 heavy (non-hydrogen) atoms. The molecule has 2 atom stereocenters. The van der Waals surface area contributed by atoms with Gasteiger partial charge in [0.15, 0.2) is 0 Å². The number of hydrogen-bond donors (Lipinski definition) is 1. The number of hydrogen-bond acceptors (Lipinski definition) is 5. The molecule has 106 valence electrons. The molecule has 0 spiro atoms. The monoisotopic (exact) mass is 265 g/mol. The molecule has 0 aromatic carbocycles. The number of anilines is 2. The quantitative estimate of drug-likeness (QED) is 0.903. The van der Waals surface area contributed by atoms with E-state index in [2.05, 4.69) is 30.7 Å². The van der Waals surface area contributed by atoms with Crippen LogP contribution < -0.4 is 15.4 Å². The number of nitrogens with zero attached hydrogens (tertiary/aromatic N) is 2. The van der Waals surface area contributed by atoms with Crippen LogP contribution in [-0.4, -0.2) is 36.9 Å². The summed E-state index contributed by atoms with van der Waals surface area (Å²) >= 11 is 0. The fourth-order valence-corrected chi connectivity index (χ4v) is 2.30. The van der Waals surface area contributed by atoms with E-state index in [-0.39, 0.29) is 12.2 Å². The van der Waals surface area contributed by atoms with Crippen molar-refractivity contribution in [3.05, 3.63) is 12.1 Å². The molecule has 0 unspecified atom stereocenters. The van der Waals surface area contributed by atoms with Crippen LogP contribution in [0.1, 0.15) is 27.2 Å². The molecule has 0 radical (unpaired) electrons. The molecule has 0 aliphatic carbocycles. The van der Waals surface area contributed by atoms with E-state index >= 15 is 0 Å². The summed E-state index contributed by atoms with van der Waals surface area (Å²) in [6.45, 7) is 8.54. The number of rotatable bonds is 4. The summed E-state index contributed by atoms with van der Waals surface area (Å²) in [5.74, 6) is 1.44. The Balaban J connectivity index is 2.15. The molecule has 0 bridgehead atoms. The molecular formula is C14H23N3O2. The first-order valence-electron chi connectivity index (χ1n) is 6.90. The van der Waals surface area contributed by atoms with E-state index < -0.39 is 0 Å². The first-order valence-corrected chi connectivity index (χ1v) is 6.90. The number of nitrogens with two attached hydrogens (primary N) is 1. The van der Waals surface area contributed by atoms with E-state index in [1.54, 1.807) is 0 Å². The van der Waals surface area contributed by atoms with E-state index in [1.165, 1.54) is 0 Å². The number of pyridine rings is 1. The normalized spacial score (nSPS) is 23.4. The van der Waals surface area contributed by atoms with Gasteiger partial charge in [-0.05, 0) is 32.4 Å². The van der Waals surface area contributed by atoms with Gasteiger partial charge in [-0.1, -0.05) is 6.92 Å². The third-order valence-electron chi connectivity index (χ3n) is 3.06. The smallest absolute Gasteiger partial charge is 0.239 e. The van der Waals surface area contributed by atoms with Crippen LogP contribution in [0.15, 0.2) is 12.1 Å². The van der Waals surface area contributed by atoms with Gasteiger partial charge in [0.25, 0.3) is 0 Å². The van der Waals surface area contributed by atoms with Crippen molar-refractivity contribution in [2.45, 2.75) is 39.4 Å². The Bertz CT molecular complexity index is 415. The van der Waals surface area contributed by atoms with Crippen molar-refractivity contribution in [2.24, 2.45) is 0 Å². The average molecular weight is 265 g/mol. The lowest BCUT2D eigenvalue weighted by atomic mass is 10.2. The molecule has 1 aliphatic heterocycles. The minimum absolute atomic E-state index is 0.211. The van der Waals surface area contributed by atoms with Crippen LogP contribution in [-0.2, 0) is 4.74 Å². The van der Waals surface area contributed by atoms with Crippen LogP contribution in [0.4, 0.5) is 11.5 Å². The summed E-state index contributed by atoms with van der Waals surface area (Å²) in [4.78, 5) is 6.74. The SMILES string of the molecule is CCCOc1nc(N2C[C@@H](C)O[C@@H](C)C2)ccc1N. The summed E-state index contributed by atoms with van der Waals surface area (Å²) in [5, 5.41) is 0. The summed E-state index contributed by atoms with van der Waals surface area (Å²) in [6, 6.07) is 3.80. The van der Waals surface area contributed by atoms with Gasteiger partial charge < -0.3 is 20.1 Å². The van der Waals surface area contributed by atoms with Gasteiger partial charge in [0, 0.05) is 13.1 Å². The minimum atomic E-state index is 0.211. The molecule has 1 aliphatic rings. The van der Waals surface area contributed by atoms with Gasteiger partial charge in [0.1, 0.15) is 5.82 Å². The first kappa shape index (κ1) is 13.9. The fraction of sp³-hybridized carbons (Fsp3) is 0.643. The molecule has 2 rings (SSSR count). The van der Waals surface area contributed by atoms with Gasteiger partial charge in [-0.25, -0.2) is 0 Å². The molecule has 2 N–H and O–H groups in total. The van der Waals surface area contributed by atoms with Gasteiger partial charge in [-0.3, -0.25) is 0 Å². The molecule has 0 amide bonds. The third kappa shape index (κ3) is 3.50. The summed E-state index contributed by atoms with van der Waals surface area (Å²) in [6.07, 6.45) is 1.36. The zero-order chi connectivity index (χ0) is 13.8. The lowest BCUT2D eigenvalue weighted by molar-refractivity contribution is -0.00548. The summed E-state index contributed by atoms with van der Waals surface area (Å²) in [5.41, 5.74) is 6.47. The minimum Gasteiger partial charge on any atom is -0.476 e. The highest BCUT2D eigenvalue weighted by Crippen LogP contribution is 2.25. The van der Waals surface area contributed by atoms with Crippen LogP contribution in [0.2, 0.25) is 0 Å². The molecular weight excluding hydrogens is 242 g/mol. The van der Waals surface area contributed by atoms with Crippen LogP contribution in [0.25, 0.3) is 0 Å². The Hall–Kier alpha value is -1.49. The Morgan fingerprint density at radius 2 is 2.05 bits per heavy atom. The van der Waals surface area contributed by atoms with Crippen molar-refractivity contribution >= 4 is 11.5 Å². The predicted molar refractivity (Wildman–Crippen MR) is 76.7 cm³/mol. The van der Waals surface area contributed by atoms with Gasteiger partial charge >= 0.3 is 0 Å². The standard InChI is InChI=1S/C14H23N3O2/c1-4-7-18-14-12(15)5-6-13(16-14)17-8-10(2)19-11(3)9-17/h5-6,10-11H,4,7-9,15H2,1-3H3/t10-,11+. The lowest BCUT2D eigenvalue weighted by Gasteiger charge is -2.36. The number of morpholine rings is 1. The van der Waals surface area contributed by atoms with Gasteiger partial charge in [0.2, 0.25) is 5.88 Å². The fourth-order valence-electron chi connectivity index (χ4n) is 2.30. The highest BCUT2D eigenvalue weighted by molar-refractivity contribution is 5.54. The molecule has 1 saturated heterocycles. The van der Waals surface area contributed by atoms with Gasteiger partial charge in [-0.2, -0.15) is 4.98 Å². The summed E-state index contributed by atoms with van der Waals surface area (Å²) < 4.78 is 11.3. The van der Waals surface area contributed by atoms with Gasteiger partial charge in [0.05, 0.1) is 24.5 Å². The topological polar surface area (TPSA) is 60.6 Å². The van der Waals surface area contributed by atoms with E-state index in [4.69, 9.17) is 15.2 Å². The Morgan fingerprint density at radius 1 is 1.37 bits per heavy atom. The Morgan fingerprint density at radius 3 is 2.68 bits per heavy atom. The van der Waals surface area contributed by atoms with Crippen LogP contribution in [0, 0.1) is 0 Å². The maximum Gasteiger partial charge on any atom is 0.239 e. The first-order chi connectivity index (χ1) is 9.10.